The molecule has 0 aromatic carbocycles. The van der Waals surface area contributed by atoms with Crippen molar-refractivity contribution >= 4 is 0 Å². The fraction of sp³-hybridized carbons (Fsp3) is 0.760. The summed E-state index contributed by atoms with van der Waals surface area (Å²) >= 11 is 0. The summed E-state index contributed by atoms with van der Waals surface area (Å²) in [6.07, 6.45) is 16.6. The first-order chi connectivity index (χ1) is 11.4. The lowest BCUT2D eigenvalue weighted by molar-refractivity contribution is 0.380. The minimum Gasteiger partial charge on any atom is -0.103 e. The van der Waals surface area contributed by atoms with Gasteiger partial charge in [-0.25, -0.2) is 0 Å². The SMILES string of the molecule is C.CC1CC#CCC1C.CC1CC=CCC1C.CC1CC=CCC1C. The van der Waals surface area contributed by atoms with Crippen molar-refractivity contribution in [2.75, 3.05) is 0 Å². The minimum atomic E-state index is 0. The number of hydrogen-bond donors (Lipinski definition) is 0. The molecule has 0 aromatic heterocycles. The van der Waals surface area contributed by atoms with E-state index in [2.05, 4.69) is 77.7 Å². The smallest absolute Gasteiger partial charge is 0.0117 e. The van der Waals surface area contributed by atoms with E-state index in [0.29, 0.717) is 0 Å². The molecular formula is C25H44. The number of allylic oxidation sites excluding steroid dienone is 4. The van der Waals surface area contributed by atoms with Gasteiger partial charge in [0, 0.05) is 12.8 Å². The average Bonchev–Trinajstić information content (AvgIpc) is 2.57. The summed E-state index contributed by atoms with van der Waals surface area (Å²) in [4.78, 5) is 0. The molecule has 25 heavy (non-hydrogen) atoms. The van der Waals surface area contributed by atoms with Gasteiger partial charge in [0.05, 0.1) is 0 Å². The standard InChI is InChI=1S/2C8H14.C8H12.CH4/c3*1-7-5-3-4-6-8(7)2;/h2*3-4,7-8H,5-6H2,1-2H3;7-8H,5-6H2,1-2H3;1H4. The molecule has 3 aliphatic rings. The second-order valence-electron chi connectivity index (χ2n) is 8.51. The summed E-state index contributed by atoms with van der Waals surface area (Å²) in [7, 11) is 0. The Labute approximate surface area is 159 Å². The van der Waals surface area contributed by atoms with E-state index >= 15 is 0 Å². The van der Waals surface area contributed by atoms with Crippen LogP contribution in [0, 0.1) is 47.3 Å². The van der Waals surface area contributed by atoms with Gasteiger partial charge in [0.25, 0.3) is 0 Å². The largest absolute Gasteiger partial charge is 0.103 e. The molecule has 6 unspecified atom stereocenters. The van der Waals surface area contributed by atoms with E-state index in [1.807, 2.05) is 0 Å². The maximum atomic E-state index is 3.11. The van der Waals surface area contributed by atoms with Crippen LogP contribution >= 0.6 is 0 Å². The summed E-state index contributed by atoms with van der Waals surface area (Å²) < 4.78 is 0. The molecule has 0 N–H and O–H groups in total. The van der Waals surface area contributed by atoms with Crippen LogP contribution in [0.1, 0.15) is 87.5 Å². The highest BCUT2D eigenvalue weighted by Crippen LogP contribution is 2.24. The molecule has 0 heterocycles. The molecule has 0 radical (unpaired) electrons. The predicted molar refractivity (Wildman–Crippen MR) is 115 cm³/mol. The monoisotopic (exact) mass is 344 g/mol. The van der Waals surface area contributed by atoms with Gasteiger partial charge in [-0.05, 0) is 61.2 Å². The maximum absolute atomic E-state index is 3.11. The van der Waals surface area contributed by atoms with Gasteiger partial charge in [0.2, 0.25) is 0 Å². The Kier molecular flexibility index (Phi) is 12.8. The lowest BCUT2D eigenvalue weighted by atomic mass is 9.86. The van der Waals surface area contributed by atoms with E-state index in [1.165, 1.54) is 25.7 Å². The van der Waals surface area contributed by atoms with Crippen LogP contribution in [0.2, 0.25) is 0 Å². The first-order valence-electron chi connectivity index (χ1n) is 10.2. The van der Waals surface area contributed by atoms with Crippen molar-refractivity contribution in [2.45, 2.75) is 87.5 Å². The Morgan fingerprint density at radius 2 is 0.720 bits per heavy atom. The van der Waals surface area contributed by atoms with Gasteiger partial charge in [-0.3, -0.25) is 0 Å². The Morgan fingerprint density at radius 1 is 0.480 bits per heavy atom. The van der Waals surface area contributed by atoms with Crippen molar-refractivity contribution in [3.8, 4) is 11.8 Å². The number of rotatable bonds is 0. The normalized spacial score (nSPS) is 35.6. The Bertz CT molecular complexity index is 380. The molecule has 3 rings (SSSR count). The van der Waals surface area contributed by atoms with Gasteiger partial charge in [0.1, 0.15) is 0 Å². The summed E-state index contributed by atoms with van der Waals surface area (Å²) in [5, 5.41) is 0. The van der Waals surface area contributed by atoms with E-state index in [9.17, 15) is 0 Å². The van der Waals surface area contributed by atoms with Crippen molar-refractivity contribution in [3.05, 3.63) is 24.3 Å². The zero-order valence-electron chi connectivity index (χ0n) is 17.0. The Balaban J connectivity index is 0.000000339. The molecular weight excluding hydrogens is 300 g/mol. The molecule has 0 aromatic rings. The van der Waals surface area contributed by atoms with E-state index in [4.69, 9.17) is 0 Å². The molecule has 0 heteroatoms. The van der Waals surface area contributed by atoms with Crippen LogP contribution < -0.4 is 0 Å². The van der Waals surface area contributed by atoms with Crippen molar-refractivity contribution in [1.82, 2.24) is 0 Å². The summed E-state index contributed by atoms with van der Waals surface area (Å²) in [6, 6.07) is 0. The van der Waals surface area contributed by atoms with Crippen molar-refractivity contribution in [1.29, 1.82) is 0 Å². The first-order valence-corrected chi connectivity index (χ1v) is 10.2. The third kappa shape index (κ3) is 9.94. The van der Waals surface area contributed by atoms with Gasteiger partial charge >= 0.3 is 0 Å². The summed E-state index contributed by atoms with van der Waals surface area (Å²) in [5.41, 5.74) is 0. The third-order valence-corrected chi connectivity index (χ3v) is 6.25. The zero-order valence-corrected chi connectivity index (χ0v) is 17.0. The molecule has 0 amide bonds. The summed E-state index contributed by atoms with van der Waals surface area (Å²) in [5.74, 6) is 11.6. The molecule has 0 saturated carbocycles. The van der Waals surface area contributed by atoms with E-state index in [1.54, 1.807) is 0 Å². The molecule has 0 spiro atoms. The Morgan fingerprint density at radius 3 is 0.880 bits per heavy atom. The fourth-order valence-electron chi connectivity index (χ4n) is 3.04. The van der Waals surface area contributed by atoms with Gasteiger partial charge in [-0.1, -0.05) is 73.3 Å². The highest BCUT2D eigenvalue weighted by atomic mass is 14.2. The van der Waals surface area contributed by atoms with Crippen molar-refractivity contribution in [2.24, 2.45) is 35.5 Å². The molecule has 3 aliphatic carbocycles. The van der Waals surface area contributed by atoms with E-state index in [-0.39, 0.29) is 7.43 Å². The van der Waals surface area contributed by atoms with Gasteiger partial charge in [-0.2, -0.15) is 0 Å². The lowest BCUT2D eigenvalue weighted by Gasteiger charge is -2.19. The molecule has 0 bridgehead atoms. The fourth-order valence-corrected chi connectivity index (χ4v) is 3.04. The topological polar surface area (TPSA) is 0 Å². The van der Waals surface area contributed by atoms with Crippen LogP contribution in [0.25, 0.3) is 0 Å². The van der Waals surface area contributed by atoms with Gasteiger partial charge in [-0.15, -0.1) is 11.8 Å². The van der Waals surface area contributed by atoms with Crippen LogP contribution in [0.5, 0.6) is 0 Å². The van der Waals surface area contributed by atoms with Gasteiger partial charge < -0.3 is 0 Å². The first kappa shape index (κ1) is 24.0. The van der Waals surface area contributed by atoms with Gasteiger partial charge in [0.15, 0.2) is 0 Å². The zero-order chi connectivity index (χ0) is 17.9. The molecule has 6 atom stereocenters. The maximum Gasteiger partial charge on any atom is 0.0117 e. The summed E-state index contributed by atoms with van der Waals surface area (Å²) in [6.45, 7) is 13.9. The third-order valence-electron chi connectivity index (χ3n) is 6.25. The van der Waals surface area contributed by atoms with E-state index in [0.717, 1.165) is 48.3 Å². The highest BCUT2D eigenvalue weighted by molar-refractivity contribution is 5.05. The van der Waals surface area contributed by atoms with Crippen LogP contribution in [0.15, 0.2) is 24.3 Å². The molecule has 144 valence electrons. The Hall–Kier alpha value is -0.960. The second-order valence-corrected chi connectivity index (χ2v) is 8.51. The quantitative estimate of drug-likeness (QED) is 0.309. The van der Waals surface area contributed by atoms with Crippen LogP contribution in [0.3, 0.4) is 0 Å². The molecule has 0 aliphatic heterocycles. The highest BCUT2D eigenvalue weighted by Gasteiger charge is 2.12. The second kappa shape index (κ2) is 13.3. The van der Waals surface area contributed by atoms with Crippen LogP contribution in [-0.2, 0) is 0 Å². The molecule has 0 fully saturated rings. The molecule has 0 nitrogen and oxygen atoms in total. The average molecular weight is 345 g/mol. The van der Waals surface area contributed by atoms with E-state index < -0.39 is 0 Å². The van der Waals surface area contributed by atoms with Crippen molar-refractivity contribution < 1.29 is 0 Å². The molecule has 0 saturated heterocycles. The number of hydrogen-bond acceptors (Lipinski definition) is 0. The lowest BCUT2D eigenvalue weighted by Crippen LogP contribution is -2.08. The van der Waals surface area contributed by atoms with Crippen molar-refractivity contribution in [3.63, 3.8) is 0 Å². The van der Waals surface area contributed by atoms with Crippen LogP contribution in [0.4, 0.5) is 0 Å². The minimum absolute atomic E-state index is 0. The predicted octanol–water partition coefficient (Wildman–Crippen LogP) is 7.91. The van der Waals surface area contributed by atoms with Crippen LogP contribution in [-0.4, -0.2) is 0 Å².